The minimum atomic E-state index is -0.362. The Morgan fingerprint density at radius 2 is 2.15 bits per heavy atom. The maximum absolute atomic E-state index is 12.6. The van der Waals surface area contributed by atoms with Gasteiger partial charge in [-0.25, -0.2) is 9.67 Å². The average molecular weight is 350 g/mol. The average Bonchev–Trinajstić information content (AvgIpc) is 2.95. The highest BCUT2D eigenvalue weighted by Gasteiger charge is 2.12. The second kappa shape index (κ2) is 7.19. The van der Waals surface area contributed by atoms with E-state index in [1.165, 1.54) is 10.9 Å². The molecule has 0 aliphatic heterocycles. The van der Waals surface area contributed by atoms with Gasteiger partial charge in [0.1, 0.15) is 12.4 Å². The molecule has 8 heteroatoms. The van der Waals surface area contributed by atoms with Crippen LogP contribution in [0.1, 0.15) is 17.7 Å². The van der Waals surface area contributed by atoms with Gasteiger partial charge in [-0.05, 0) is 25.5 Å². The first-order valence-corrected chi connectivity index (χ1v) is 8.15. The van der Waals surface area contributed by atoms with E-state index in [0.29, 0.717) is 23.3 Å². The van der Waals surface area contributed by atoms with Crippen LogP contribution >= 0.6 is 0 Å². The van der Waals surface area contributed by atoms with Crippen LogP contribution in [0.3, 0.4) is 0 Å². The van der Waals surface area contributed by atoms with Crippen LogP contribution in [0.15, 0.2) is 35.4 Å². The highest BCUT2D eigenvalue weighted by atomic mass is 16.2. The monoisotopic (exact) mass is 350 g/mol. The molecule has 132 valence electrons. The van der Waals surface area contributed by atoms with Crippen molar-refractivity contribution in [3.05, 3.63) is 52.2 Å². The van der Waals surface area contributed by atoms with E-state index < -0.39 is 0 Å². The van der Waals surface area contributed by atoms with E-state index in [2.05, 4.69) is 15.4 Å². The van der Waals surface area contributed by atoms with Crippen LogP contribution < -0.4 is 10.9 Å². The van der Waals surface area contributed by atoms with Gasteiger partial charge in [0.25, 0.3) is 5.56 Å². The van der Waals surface area contributed by atoms with Crippen LogP contribution in [0.25, 0.3) is 10.9 Å². The van der Waals surface area contributed by atoms with Crippen molar-refractivity contribution in [1.29, 1.82) is 5.26 Å². The van der Waals surface area contributed by atoms with Crippen LogP contribution in [-0.4, -0.2) is 25.2 Å². The molecule has 8 nitrogen and oxygen atoms in total. The first kappa shape index (κ1) is 17.4. The number of para-hydroxylation sites is 1. The van der Waals surface area contributed by atoms with Gasteiger partial charge in [-0.1, -0.05) is 12.1 Å². The molecule has 3 aromatic rings. The standard InChI is InChI=1S/C18H18N6O2/c1-12-5-3-6-14-17(12)20-11-23(18(14)26)10-16(25)21-15-9-13(2)22-24(15)8-4-7-19/h3,5-6,9,11H,4,8,10H2,1-2H3,(H,21,25). The van der Waals surface area contributed by atoms with E-state index in [4.69, 9.17) is 5.26 Å². The number of carbonyl (C=O) groups is 1. The number of anilines is 1. The van der Waals surface area contributed by atoms with Gasteiger partial charge in [-0.2, -0.15) is 10.4 Å². The predicted molar refractivity (Wildman–Crippen MR) is 96.6 cm³/mol. The van der Waals surface area contributed by atoms with Crippen molar-refractivity contribution in [1.82, 2.24) is 19.3 Å². The molecule has 0 spiro atoms. The van der Waals surface area contributed by atoms with E-state index in [1.807, 2.05) is 19.1 Å². The summed E-state index contributed by atoms with van der Waals surface area (Å²) in [7, 11) is 0. The van der Waals surface area contributed by atoms with E-state index in [1.54, 1.807) is 29.8 Å². The Kier molecular flexibility index (Phi) is 4.80. The second-order valence-corrected chi connectivity index (χ2v) is 6.00. The smallest absolute Gasteiger partial charge is 0.261 e. The largest absolute Gasteiger partial charge is 0.309 e. The Morgan fingerprint density at radius 3 is 2.92 bits per heavy atom. The number of hydrogen-bond acceptors (Lipinski definition) is 5. The molecule has 0 bridgehead atoms. The lowest BCUT2D eigenvalue weighted by molar-refractivity contribution is -0.116. The number of carbonyl (C=O) groups excluding carboxylic acids is 1. The number of benzene rings is 1. The number of nitrogens with one attached hydrogen (secondary N) is 1. The number of rotatable bonds is 5. The molecule has 1 N–H and O–H groups in total. The van der Waals surface area contributed by atoms with Crippen molar-refractivity contribution >= 4 is 22.6 Å². The zero-order valence-electron chi connectivity index (χ0n) is 14.6. The quantitative estimate of drug-likeness (QED) is 0.755. The van der Waals surface area contributed by atoms with Gasteiger partial charge in [-0.3, -0.25) is 14.2 Å². The van der Waals surface area contributed by atoms with Gasteiger partial charge in [0, 0.05) is 6.07 Å². The lowest BCUT2D eigenvalue weighted by atomic mass is 10.1. The van der Waals surface area contributed by atoms with Crippen molar-refractivity contribution < 1.29 is 4.79 Å². The lowest BCUT2D eigenvalue weighted by Crippen LogP contribution is -2.28. The summed E-state index contributed by atoms with van der Waals surface area (Å²) in [5, 5.41) is 16.2. The van der Waals surface area contributed by atoms with Crippen molar-refractivity contribution in [2.45, 2.75) is 33.4 Å². The van der Waals surface area contributed by atoms with Gasteiger partial charge in [0.15, 0.2) is 0 Å². The van der Waals surface area contributed by atoms with Gasteiger partial charge < -0.3 is 5.32 Å². The topological polar surface area (TPSA) is 106 Å². The van der Waals surface area contributed by atoms with Crippen LogP contribution in [0.4, 0.5) is 5.82 Å². The third-order valence-corrected chi connectivity index (χ3v) is 3.97. The van der Waals surface area contributed by atoms with Gasteiger partial charge in [0.05, 0.1) is 42.0 Å². The number of amides is 1. The number of nitriles is 1. The molecular formula is C18H18N6O2. The zero-order valence-corrected chi connectivity index (χ0v) is 14.6. The summed E-state index contributed by atoms with van der Waals surface area (Å²) in [6, 6.07) is 9.15. The molecule has 0 fully saturated rings. The molecule has 2 aromatic heterocycles. The number of hydrogen-bond donors (Lipinski definition) is 1. The normalized spacial score (nSPS) is 10.7. The Hall–Kier alpha value is -3.47. The highest BCUT2D eigenvalue weighted by Crippen LogP contribution is 2.12. The van der Waals surface area contributed by atoms with E-state index >= 15 is 0 Å². The van der Waals surface area contributed by atoms with Gasteiger partial charge >= 0.3 is 0 Å². The Bertz CT molecular complexity index is 1070. The Balaban J connectivity index is 1.81. The first-order valence-electron chi connectivity index (χ1n) is 8.15. The maximum Gasteiger partial charge on any atom is 0.261 e. The van der Waals surface area contributed by atoms with Crippen LogP contribution in [0.2, 0.25) is 0 Å². The van der Waals surface area contributed by atoms with Crippen molar-refractivity contribution in [3.63, 3.8) is 0 Å². The van der Waals surface area contributed by atoms with Crippen molar-refractivity contribution in [2.24, 2.45) is 0 Å². The number of fused-ring (bicyclic) bond motifs is 1. The lowest BCUT2D eigenvalue weighted by Gasteiger charge is -2.10. The third-order valence-electron chi connectivity index (χ3n) is 3.97. The van der Waals surface area contributed by atoms with Crippen LogP contribution in [0, 0.1) is 25.2 Å². The molecule has 26 heavy (non-hydrogen) atoms. The summed E-state index contributed by atoms with van der Waals surface area (Å²) in [6.45, 7) is 3.92. The highest BCUT2D eigenvalue weighted by molar-refractivity contribution is 5.90. The summed E-state index contributed by atoms with van der Waals surface area (Å²) < 4.78 is 2.85. The zero-order chi connectivity index (χ0) is 18.7. The number of nitrogens with zero attached hydrogens (tertiary/aromatic N) is 5. The molecule has 0 atom stereocenters. The van der Waals surface area contributed by atoms with E-state index in [-0.39, 0.29) is 24.4 Å². The molecule has 0 unspecified atom stereocenters. The Morgan fingerprint density at radius 1 is 1.35 bits per heavy atom. The molecule has 0 radical (unpaired) electrons. The minimum Gasteiger partial charge on any atom is -0.309 e. The summed E-state index contributed by atoms with van der Waals surface area (Å²) in [5.74, 6) is 0.138. The van der Waals surface area contributed by atoms with E-state index in [0.717, 1.165) is 11.3 Å². The van der Waals surface area contributed by atoms with Crippen molar-refractivity contribution in [3.8, 4) is 6.07 Å². The Labute approximate surface area is 149 Å². The molecule has 0 saturated heterocycles. The fraction of sp³-hybridized carbons (Fsp3) is 0.278. The van der Waals surface area contributed by atoms with Gasteiger partial charge in [0.2, 0.25) is 5.91 Å². The predicted octanol–water partition coefficient (Wildman–Crippen LogP) is 1.76. The summed E-state index contributed by atoms with van der Waals surface area (Å²) in [4.78, 5) is 29.2. The van der Waals surface area contributed by atoms with Gasteiger partial charge in [-0.15, -0.1) is 0 Å². The second-order valence-electron chi connectivity index (χ2n) is 6.00. The summed E-state index contributed by atoms with van der Waals surface area (Å²) in [6.07, 6.45) is 1.67. The first-order chi connectivity index (χ1) is 12.5. The molecule has 3 rings (SSSR count). The van der Waals surface area contributed by atoms with Crippen LogP contribution in [0.5, 0.6) is 0 Å². The number of aromatic nitrogens is 4. The third kappa shape index (κ3) is 3.47. The molecule has 1 aromatic carbocycles. The molecule has 0 aliphatic carbocycles. The van der Waals surface area contributed by atoms with Crippen LogP contribution in [-0.2, 0) is 17.9 Å². The fourth-order valence-electron chi connectivity index (χ4n) is 2.76. The molecule has 2 heterocycles. The SMILES string of the molecule is Cc1cc(NC(=O)Cn2cnc3c(C)cccc3c2=O)n(CCC#N)n1. The summed E-state index contributed by atoms with van der Waals surface area (Å²) >= 11 is 0. The molecule has 0 aliphatic rings. The number of aryl methyl sites for hydroxylation is 3. The maximum atomic E-state index is 12.6. The molecular weight excluding hydrogens is 332 g/mol. The van der Waals surface area contributed by atoms with Crippen molar-refractivity contribution in [2.75, 3.05) is 5.32 Å². The summed E-state index contributed by atoms with van der Waals surface area (Å²) in [5.41, 5.74) is 2.02. The van der Waals surface area contributed by atoms with E-state index in [9.17, 15) is 9.59 Å². The minimum absolute atomic E-state index is 0.155. The molecule has 0 saturated carbocycles. The fourth-order valence-corrected chi connectivity index (χ4v) is 2.76. The molecule has 1 amide bonds.